The van der Waals surface area contributed by atoms with Crippen LogP contribution in [-0.4, -0.2) is 38.4 Å². The fraction of sp³-hybridized carbons (Fsp3) is 0.462. The molecule has 1 aromatic rings. The van der Waals surface area contributed by atoms with Crippen molar-refractivity contribution in [2.75, 3.05) is 26.2 Å². The van der Waals surface area contributed by atoms with Crippen molar-refractivity contribution in [1.29, 1.82) is 0 Å². The molecular weight excluding hydrogens is 234 g/mol. The van der Waals surface area contributed by atoms with E-state index in [0.29, 0.717) is 18.6 Å². The summed E-state index contributed by atoms with van der Waals surface area (Å²) in [6.45, 7) is 0. The third kappa shape index (κ3) is 1.96. The number of hydrogen-bond donors (Lipinski definition) is 1. The van der Waals surface area contributed by atoms with E-state index < -0.39 is 12.0 Å². The first kappa shape index (κ1) is 12.5. The molecule has 0 aromatic heterocycles. The number of aryl methyl sites for hydroxylation is 1. The number of carboxylic acid groups (broad SMARTS) is 1. The van der Waals surface area contributed by atoms with Gasteiger partial charge in [0.25, 0.3) is 0 Å². The maximum absolute atomic E-state index is 11.2. The van der Waals surface area contributed by atoms with Crippen LogP contribution in [-0.2, 0) is 11.2 Å². The van der Waals surface area contributed by atoms with Gasteiger partial charge in [-0.2, -0.15) is 0 Å². The van der Waals surface area contributed by atoms with Crippen molar-refractivity contribution in [3.05, 3.63) is 17.7 Å². The van der Waals surface area contributed by atoms with E-state index in [-0.39, 0.29) is 0 Å². The summed E-state index contributed by atoms with van der Waals surface area (Å²) in [4.78, 5) is 13.0. The topological polar surface area (TPSA) is 59.0 Å². The molecule has 18 heavy (non-hydrogen) atoms. The second-order valence-corrected chi connectivity index (χ2v) is 4.34. The fourth-order valence-electron chi connectivity index (χ4n) is 2.43. The van der Waals surface area contributed by atoms with Crippen molar-refractivity contribution in [1.82, 2.24) is 0 Å². The lowest BCUT2D eigenvalue weighted by atomic mass is 9.95. The summed E-state index contributed by atoms with van der Waals surface area (Å²) >= 11 is 0. The molecular formula is C13H17NO4. The molecule has 2 rings (SSSR count). The highest BCUT2D eigenvalue weighted by molar-refractivity contribution is 5.81. The first-order valence-corrected chi connectivity index (χ1v) is 5.79. The zero-order valence-electron chi connectivity index (χ0n) is 10.8. The number of likely N-dealkylation sites (N-methyl/N-ethyl adjacent to an activating group) is 1. The normalized spacial score (nSPS) is 18.2. The number of anilines is 1. The molecule has 0 aliphatic carbocycles. The van der Waals surface area contributed by atoms with Gasteiger partial charge >= 0.3 is 5.97 Å². The SMILES string of the molecule is COc1cc2c(c(OC)c1)N(C)C(C(=O)O)CC2. The Bertz CT molecular complexity index is 455. The Hall–Kier alpha value is -1.91. The number of fused-ring (bicyclic) bond motifs is 1. The maximum atomic E-state index is 11.2. The second kappa shape index (κ2) is 4.76. The number of rotatable bonds is 3. The van der Waals surface area contributed by atoms with Crippen LogP contribution in [0.2, 0.25) is 0 Å². The van der Waals surface area contributed by atoms with Crippen molar-refractivity contribution in [3.8, 4) is 11.5 Å². The summed E-state index contributed by atoms with van der Waals surface area (Å²) in [6, 6.07) is 3.21. The number of benzene rings is 1. The number of methoxy groups -OCH3 is 2. The van der Waals surface area contributed by atoms with Crippen molar-refractivity contribution in [2.24, 2.45) is 0 Å². The van der Waals surface area contributed by atoms with Gasteiger partial charge in [0.15, 0.2) is 0 Å². The molecule has 0 saturated carbocycles. The quantitative estimate of drug-likeness (QED) is 0.883. The number of nitrogens with zero attached hydrogens (tertiary/aromatic N) is 1. The highest BCUT2D eigenvalue weighted by atomic mass is 16.5. The molecule has 1 aliphatic heterocycles. The van der Waals surface area contributed by atoms with Gasteiger partial charge in [-0.25, -0.2) is 4.79 Å². The average Bonchev–Trinajstić information content (AvgIpc) is 2.37. The highest BCUT2D eigenvalue weighted by Gasteiger charge is 2.31. The Morgan fingerprint density at radius 1 is 1.39 bits per heavy atom. The summed E-state index contributed by atoms with van der Waals surface area (Å²) in [5.74, 6) is 0.576. The molecule has 0 amide bonds. The van der Waals surface area contributed by atoms with Crippen molar-refractivity contribution < 1.29 is 19.4 Å². The standard InChI is InChI=1S/C13H17NO4/c1-14-10(13(15)16)5-4-8-6-9(17-2)7-11(18-3)12(8)14/h6-7,10H,4-5H2,1-3H3,(H,15,16). The molecule has 1 unspecified atom stereocenters. The van der Waals surface area contributed by atoms with Gasteiger partial charge in [-0.1, -0.05) is 0 Å². The lowest BCUT2D eigenvalue weighted by Gasteiger charge is -2.34. The molecule has 1 aliphatic rings. The summed E-state index contributed by atoms with van der Waals surface area (Å²) in [6.07, 6.45) is 1.30. The van der Waals surface area contributed by atoms with Crippen LogP contribution in [0.25, 0.3) is 0 Å². The predicted octanol–water partition coefficient (Wildman–Crippen LogP) is 1.54. The first-order chi connectivity index (χ1) is 8.58. The molecule has 1 aromatic carbocycles. The van der Waals surface area contributed by atoms with Gasteiger partial charge in [-0.05, 0) is 24.5 Å². The molecule has 0 radical (unpaired) electrons. The van der Waals surface area contributed by atoms with E-state index in [1.54, 1.807) is 32.2 Å². The van der Waals surface area contributed by atoms with Crippen LogP contribution in [0.15, 0.2) is 12.1 Å². The minimum absolute atomic E-state index is 0.500. The Morgan fingerprint density at radius 3 is 2.67 bits per heavy atom. The van der Waals surface area contributed by atoms with Crippen LogP contribution in [0.5, 0.6) is 11.5 Å². The minimum Gasteiger partial charge on any atom is -0.497 e. The monoisotopic (exact) mass is 251 g/mol. The molecule has 5 nitrogen and oxygen atoms in total. The lowest BCUT2D eigenvalue weighted by Crippen LogP contribution is -2.42. The molecule has 98 valence electrons. The number of ether oxygens (including phenoxy) is 2. The number of carboxylic acids is 1. The van der Waals surface area contributed by atoms with Crippen molar-refractivity contribution in [2.45, 2.75) is 18.9 Å². The first-order valence-electron chi connectivity index (χ1n) is 5.79. The van der Waals surface area contributed by atoms with E-state index in [9.17, 15) is 9.90 Å². The Morgan fingerprint density at radius 2 is 2.11 bits per heavy atom. The van der Waals surface area contributed by atoms with Crippen LogP contribution in [0.3, 0.4) is 0 Å². The molecule has 5 heteroatoms. The Balaban J connectivity index is 2.49. The van der Waals surface area contributed by atoms with Crippen LogP contribution in [0, 0.1) is 0 Å². The summed E-state index contributed by atoms with van der Waals surface area (Å²) in [5, 5.41) is 9.19. The summed E-state index contributed by atoms with van der Waals surface area (Å²) in [7, 11) is 4.97. The molecule has 0 fully saturated rings. The van der Waals surface area contributed by atoms with E-state index in [1.807, 2.05) is 6.07 Å². The van der Waals surface area contributed by atoms with Gasteiger partial charge in [-0.15, -0.1) is 0 Å². The fourth-order valence-corrected chi connectivity index (χ4v) is 2.43. The van der Waals surface area contributed by atoms with E-state index in [2.05, 4.69) is 0 Å². The van der Waals surface area contributed by atoms with Crippen molar-refractivity contribution in [3.63, 3.8) is 0 Å². The molecule has 0 bridgehead atoms. The molecule has 0 saturated heterocycles. The number of hydrogen-bond acceptors (Lipinski definition) is 4. The van der Waals surface area contributed by atoms with Crippen LogP contribution in [0.1, 0.15) is 12.0 Å². The van der Waals surface area contributed by atoms with E-state index in [1.165, 1.54) is 0 Å². The maximum Gasteiger partial charge on any atom is 0.326 e. The lowest BCUT2D eigenvalue weighted by molar-refractivity contribution is -0.138. The van der Waals surface area contributed by atoms with Gasteiger partial charge < -0.3 is 19.5 Å². The zero-order chi connectivity index (χ0) is 13.3. The van der Waals surface area contributed by atoms with E-state index in [0.717, 1.165) is 17.0 Å². The third-order valence-corrected chi connectivity index (χ3v) is 3.38. The van der Waals surface area contributed by atoms with Gasteiger partial charge in [0.1, 0.15) is 17.5 Å². The average molecular weight is 251 g/mol. The van der Waals surface area contributed by atoms with Gasteiger partial charge in [-0.3, -0.25) is 0 Å². The minimum atomic E-state index is -0.805. The van der Waals surface area contributed by atoms with Crippen LogP contribution < -0.4 is 14.4 Å². The zero-order valence-corrected chi connectivity index (χ0v) is 10.8. The highest BCUT2D eigenvalue weighted by Crippen LogP contribution is 2.40. The van der Waals surface area contributed by atoms with Gasteiger partial charge in [0.2, 0.25) is 0 Å². The summed E-state index contributed by atoms with van der Waals surface area (Å²) in [5.41, 5.74) is 1.91. The van der Waals surface area contributed by atoms with Gasteiger partial charge in [0, 0.05) is 13.1 Å². The molecule has 0 spiro atoms. The van der Waals surface area contributed by atoms with Crippen LogP contribution in [0.4, 0.5) is 5.69 Å². The van der Waals surface area contributed by atoms with Crippen molar-refractivity contribution >= 4 is 11.7 Å². The van der Waals surface area contributed by atoms with Crippen LogP contribution >= 0.6 is 0 Å². The largest absolute Gasteiger partial charge is 0.497 e. The molecule has 1 heterocycles. The van der Waals surface area contributed by atoms with Gasteiger partial charge in [0.05, 0.1) is 19.9 Å². The number of aliphatic carboxylic acids is 1. The second-order valence-electron chi connectivity index (χ2n) is 4.34. The smallest absolute Gasteiger partial charge is 0.326 e. The van der Waals surface area contributed by atoms with E-state index >= 15 is 0 Å². The third-order valence-electron chi connectivity index (χ3n) is 3.38. The molecule has 1 N–H and O–H groups in total. The molecule has 1 atom stereocenters. The predicted molar refractivity (Wildman–Crippen MR) is 67.7 cm³/mol. The summed E-state index contributed by atoms with van der Waals surface area (Å²) < 4.78 is 10.6. The van der Waals surface area contributed by atoms with E-state index in [4.69, 9.17) is 9.47 Å². The number of carbonyl (C=O) groups is 1. The Kier molecular flexibility index (Phi) is 3.32. The Labute approximate surface area is 106 Å².